The number of nitrogens with two attached hydrogens (primary N) is 1. The number of alkyl halides is 3. The topological polar surface area (TPSA) is 88.3 Å². The summed E-state index contributed by atoms with van der Waals surface area (Å²) >= 11 is 5.90. The summed E-state index contributed by atoms with van der Waals surface area (Å²) in [5, 5.41) is 2.74. The van der Waals surface area contributed by atoms with Crippen molar-refractivity contribution >= 4 is 29.2 Å². The molecule has 1 aliphatic heterocycles. The van der Waals surface area contributed by atoms with E-state index in [0.29, 0.717) is 0 Å². The van der Waals surface area contributed by atoms with Crippen LogP contribution in [0.5, 0.6) is 0 Å². The van der Waals surface area contributed by atoms with Crippen LogP contribution in [0, 0.1) is 0 Å². The van der Waals surface area contributed by atoms with Gasteiger partial charge in [0.15, 0.2) is 0 Å². The van der Waals surface area contributed by atoms with Crippen LogP contribution in [0.1, 0.15) is 16.8 Å². The Hall–Kier alpha value is -2.03. The quantitative estimate of drug-likeness (QED) is 0.870. The maximum atomic E-state index is 12.3. The summed E-state index contributed by atoms with van der Waals surface area (Å²) in [6.45, 7) is -1.29. The van der Waals surface area contributed by atoms with Crippen molar-refractivity contribution < 1.29 is 22.8 Å². The number of rotatable bonds is 4. The van der Waals surface area contributed by atoms with E-state index >= 15 is 0 Å². The van der Waals surface area contributed by atoms with Gasteiger partial charge in [-0.05, 0) is 12.5 Å². The molecule has 1 saturated heterocycles. The number of nitrogens with zero attached hydrogens (tertiary/aromatic N) is 2. The molecule has 0 radical (unpaired) electrons. The van der Waals surface area contributed by atoms with Crippen LogP contribution in [-0.4, -0.2) is 47.0 Å². The van der Waals surface area contributed by atoms with Gasteiger partial charge in [-0.2, -0.15) is 13.2 Å². The molecule has 1 aromatic heterocycles. The van der Waals surface area contributed by atoms with Crippen molar-refractivity contribution in [3.63, 3.8) is 0 Å². The molecule has 0 bridgehead atoms. The highest BCUT2D eigenvalue weighted by Crippen LogP contribution is 2.25. The average Bonchev–Trinajstić information content (AvgIpc) is 2.71. The lowest BCUT2D eigenvalue weighted by atomic mass is 10.2. The van der Waals surface area contributed by atoms with Crippen molar-refractivity contribution in [3.8, 4) is 0 Å². The van der Waals surface area contributed by atoms with E-state index in [4.69, 9.17) is 17.3 Å². The fourth-order valence-electron chi connectivity index (χ4n) is 2.09. The molecule has 1 aliphatic rings. The molecular formula is C12H12ClF3N4O2. The van der Waals surface area contributed by atoms with Gasteiger partial charge in [0.05, 0.1) is 10.6 Å². The van der Waals surface area contributed by atoms with Crippen LogP contribution < -0.4 is 11.1 Å². The van der Waals surface area contributed by atoms with Crippen molar-refractivity contribution in [2.45, 2.75) is 18.6 Å². The second-order valence-corrected chi connectivity index (χ2v) is 5.19. The Morgan fingerprint density at radius 2 is 2.23 bits per heavy atom. The molecule has 1 fully saturated rings. The van der Waals surface area contributed by atoms with Crippen molar-refractivity contribution in [2.24, 2.45) is 5.73 Å². The average molecular weight is 337 g/mol. The van der Waals surface area contributed by atoms with Crippen LogP contribution in [0.4, 0.5) is 19.0 Å². The Morgan fingerprint density at radius 3 is 2.77 bits per heavy atom. The van der Waals surface area contributed by atoms with Crippen LogP contribution in [0.25, 0.3) is 0 Å². The van der Waals surface area contributed by atoms with Crippen LogP contribution in [0.15, 0.2) is 12.3 Å². The molecule has 2 amide bonds. The van der Waals surface area contributed by atoms with E-state index in [1.54, 1.807) is 0 Å². The third-order valence-electron chi connectivity index (χ3n) is 3.10. The highest BCUT2D eigenvalue weighted by molar-refractivity contribution is 6.33. The van der Waals surface area contributed by atoms with E-state index in [0.717, 1.165) is 4.90 Å². The second kappa shape index (κ2) is 5.99. The molecule has 0 spiro atoms. The molecule has 1 atom stereocenters. The number of hydrogen-bond acceptors (Lipinski definition) is 4. The summed E-state index contributed by atoms with van der Waals surface area (Å²) in [5.41, 5.74) is 5.16. The Bertz CT molecular complexity index is 609. The summed E-state index contributed by atoms with van der Waals surface area (Å²) in [6, 6.07) is 0.429. The Kier molecular flexibility index (Phi) is 4.45. The first-order valence-electron chi connectivity index (χ1n) is 6.25. The summed E-state index contributed by atoms with van der Waals surface area (Å²) in [6.07, 6.45) is -3.07. The van der Waals surface area contributed by atoms with E-state index in [2.05, 4.69) is 10.3 Å². The highest BCUT2D eigenvalue weighted by Gasteiger charge is 2.39. The molecule has 2 rings (SSSR count). The van der Waals surface area contributed by atoms with E-state index in [-0.39, 0.29) is 29.4 Å². The lowest BCUT2D eigenvalue weighted by molar-refractivity contribution is -0.157. The van der Waals surface area contributed by atoms with Gasteiger partial charge in [-0.15, -0.1) is 0 Å². The minimum atomic E-state index is -4.44. The van der Waals surface area contributed by atoms with Gasteiger partial charge in [0.1, 0.15) is 18.4 Å². The molecule has 0 aliphatic carbocycles. The molecule has 1 unspecified atom stereocenters. The third kappa shape index (κ3) is 3.79. The number of halogens is 4. The lowest BCUT2D eigenvalue weighted by Gasteiger charge is -2.19. The van der Waals surface area contributed by atoms with E-state index in [1.165, 1.54) is 12.3 Å². The van der Waals surface area contributed by atoms with Gasteiger partial charge >= 0.3 is 6.18 Å². The van der Waals surface area contributed by atoms with Gasteiger partial charge in [0.25, 0.3) is 0 Å². The normalized spacial score (nSPS) is 18.6. The fraction of sp³-hybridized carbons (Fsp3) is 0.417. The minimum absolute atomic E-state index is 0.00695. The van der Waals surface area contributed by atoms with Crippen molar-refractivity contribution in [2.75, 3.05) is 18.4 Å². The zero-order chi connectivity index (χ0) is 16.5. The molecule has 3 N–H and O–H groups in total. The van der Waals surface area contributed by atoms with E-state index in [1.807, 2.05) is 0 Å². The highest BCUT2D eigenvalue weighted by atomic mass is 35.5. The minimum Gasteiger partial charge on any atom is -0.366 e. The Balaban J connectivity index is 2.06. The van der Waals surface area contributed by atoms with Crippen LogP contribution in [-0.2, 0) is 4.79 Å². The summed E-state index contributed by atoms with van der Waals surface area (Å²) in [4.78, 5) is 27.5. The largest absolute Gasteiger partial charge is 0.406 e. The van der Waals surface area contributed by atoms with Gasteiger partial charge in [0, 0.05) is 12.7 Å². The molecule has 0 aromatic carbocycles. The summed E-state index contributed by atoms with van der Waals surface area (Å²) in [5.74, 6) is -1.28. The van der Waals surface area contributed by atoms with Crippen molar-refractivity contribution in [1.82, 2.24) is 9.88 Å². The lowest BCUT2D eigenvalue weighted by Crippen LogP contribution is -2.39. The first kappa shape index (κ1) is 16.3. The smallest absolute Gasteiger partial charge is 0.366 e. The molecule has 22 heavy (non-hydrogen) atoms. The van der Waals surface area contributed by atoms with Gasteiger partial charge in [-0.1, -0.05) is 11.6 Å². The number of likely N-dealkylation sites (tertiary alicyclic amines) is 1. The fourth-order valence-corrected chi connectivity index (χ4v) is 2.31. The SMILES string of the molecule is NC(=O)c1cnc(NC2CCN(CC(F)(F)F)C2=O)c(Cl)c1. The molecule has 120 valence electrons. The number of amides is 2. The van der Waals surface area contributed by atoms with Gasteiger partial charge in [-0.3, -0.25) is 9.59 Å². The zero-order valence-electron chi connectivity index (χ0n) is 11.2. The van der Waals surface area contributed by atoms with Crippen LogP contribution in [0.2, 0.25) is 5.02 Å². The standard InChI is InChI=1S/C12H12ClF3N4O2/c13-7-3-6(9(17)21)4-18-10(7)19-8-1-2-20(11(8)22)5-12(14,15)16/h3-4,8H,1-2,5H2,(H2,17,21)(H,18,19). The van der Waals surface area contributed by atoms with Crippen molar-refractivity contribution in [1.29, 1.82) is 0 Å². The number of anilines is 1. The molecule has 2 heterocycles. The number of pyridine rings is 1. The monoisotopic (exact) mass is 336 g/mol. The van der Waals surface area contributed by atoms with E-state index in [9.17, 15) is 22.8 Å². The Morgan fingerprint density at radius 1 is 1.55 bits per heavy atom. The number of primary amides is 1. The van der Waals surface area contributed by atoms with Crippen LogP contribution in [0.3, 0.4) is 0 Å². The first-order chi connectivity index (χ1) is 10.2. The summed E-state index contributed by atoms with van der Waals surface area (Å²) in [7, 11) is 0. The molecule has 10 heteroatoms. The number of nitrogens with one attached hydrogen (secondary N) is 1. The van der Waals surface area contributed by atoms with Gasteiger partial charge < -0.3 is 16.0 Å². The van der Waals surface area contributed by atoms with Gasteiger partial charge in [-0.25, -0.2) is 4.98 Å². The maximum absolute atomic E-state index is 12.3. The Labute approximate surface area is 128 Å². The summed E-state index contributed by atoms with van der Waals surface area (Å²) < 4.78 is 37.0. The van der Waals surface area contributed by atoms with Crippen molar-refractivity contribution in [3.05, 3.63) is 22.8 Å². The molecule has 0 saturated carbocycles. The second-order valence-electron chi connectivity index (χ2n) is 4.78. The predicted octanol–water partition coefficient (Wildman–Crippen LogP) is 1.41. The zero-order valence-corrected chi connectivity index (χ0v) is 11.9. The van der Waals surface area contributed by atoms with Gasteiger partial charge in [0.2, 0.25) is 11.8 Å². The molecule has 1 aromatic rings. The van der Waals surface area contributed by atoms with Crippen LogP contribution >= 0.6 is 11.6 Å². The molecular weight excluding hydrogens is 325 g/mol. The predicted molar refractivity (Wildman–Crippen MR) is 72.4 cm³/mol. The number of hydrogen-bond donors (Lipinski definition) is 2. The number of carbonyl (C=O) groups excluding carboxylic acids is 2. The number of carbonyl (C=O) groups is 2. The number of aromatic nitrogens is 1. The first-order valence-corrected chi connectivity index (χ1v) is 6.62. The third-order valence-corrected chi connectivity index (χ3v) is 3.39. The maximum Gasteiger partial charge on any atom is 0.406 e. The van der Waals surface area contributed by atoms with E-state index < -0.39 is 30.6 Å². The molecule has 6 nitrogen and oxygen atoms in total.